The second-order valence-electron chi connectivity index (χ2n) is 6.67. The summed E-state index contributed by atoms with van der Waals surface area (Å²) < 4.78 is 1.75. The van der Waals surface area contributed by atoms with E-state index in [0.717, 1.165) is 44.3 Å². The number of rotatable bonds is 5. The summed E-state index contributed by atoms with van der Waals surface area (Å²) in [5, 5.41) is 12.1. The average Bonchev–Trinajstić information content (AvgIpc) is 3.08. The van der Waals surface area contributed by atoms with Crippen molar-refractivity contribution in [2.45, 2.75) is 32.0 Å². The molecule has 27 heavy (non-hydrogen) atoms. The summed E-state index contributed by atoms with van der Waals surface area (Å²) in [6, 6.07) is 6.25. The van der Waals surface area contributed by atoms with Crippen LogP contribution in [0.25, 0.3) is 0 Å². The van der Waals surface area contributed by atoms with Crippen molar-refractivity contribution in [3.8, 4) is 0 Å². The van der Waals surface area contributed by atoms with Gasteiger partial charge in [0.1, 0.15) is 12.2 Å². The van der Waals surface area contributed by atoms with E-state index in [1.807, 2.05) is 25.2 Å². The Morgan fingerprint density at radius 1 is 1.26 bits per heavy atom. The van der Waals surface area contributed by atoms with Gasteiger partial charge in [0, 0.05) is 39.8 Å². The molecule has 2 N–H and O–H groups in total. The maximum absolute atomic E-state index is 6.11. The maximum atomic E-state index is 6.11. The van der Waals surface area contributed by atoms with Gasteiger partial charge in [-0.25, -0.2) is 4.98 Å². The van der Waals surface area contributed by atoms with Crippen molar-refractivity contribution >= 4 is 29.2 Å². The Morgan fingerprint density at radius 2 is 2.04 bits per heavy atom. The fourth-order valence-electron chi connectivity index (χ4n) is 3.16. The van der Waals surface area contributed by atoms with Crippen molar-refractivity contribution < 1.29 is 0 Å². The SMILES string of the molecule is CN=C(NCc1ncnn1C)NC1CCN(Cc2ccc(Cl)c(Cl)c2)CC1. The number of piperidine rings is 1. The molecule has 0 aliphatic carbocycles. The molecule has 1 fully saturated rings. The summed E-state index contributed by atoms with van der Waals surface area (Å²) in [5.74, 6) is 1.66. The zero-order valence-corrected chi connectivity index (χ0v) is 17.1. The molecule has 0 saturated carbocycles. The highest BCUT2D eigenvalue weighted by Gasteiger charge is 2.20. The van der Waals surface area contributed by atoms with Crippen molar-refractivity contribution in [1.29, 1.82) is 0 Å². The van der Waals surface area contributed by atoms with Crippen molar-refractivity contribution in [2.75, 3.05) is 20.1 Å². The topological polar surface area (TPSA) is 70.4 Å². The molecule has 0 unspecified atom stereocenters. The average molecular weight is 410 g/mol. The molecule has 9 heteroatoms. The highest BCUT2D eigenvalue weighted by molar-refractivity contribution is 6.42. The number of nitrogens with one attached hydrogen (secondary N) is 2. The van der Waals surface area contributed by atoms with Crippen LogP contribution in [0.4, 0.5) is 0 Å². The molecule has 1 aromatic carbocycles. The Morgan fingerprint density at radius 3 is 2.67 bits per heavy atom. The standard InChI is InChI=1S/C18H25Cl2N7/c1-21-18(22-10-17-23-12-24-26(17)2)25-14-5-7-27(8-6-14)11-13-3-4-15(19)16(20)9-13/h3-4,9,12,14H,5-8,10-11H2,1-2H3,(H2,21,22,25). The van der Waals surface area contributed by atoms with Crippen LogP contribution in [0.5, 0.6) is 0 Å². The van der Waals surface area contributed by atoms with Gasteiger partial charge in [0.05, 0.1) is 16.6 Å². The Hall–Kier alpha value is -1.83. The lowest BCUT2D eigenvalue weighted by Gasteiger charge is -2.33. The van der Waals surface area contributed by atoms with E-state index in [-0.39, 0.29) is 0 Å². The van der Waals surface area contributed by atoms with Gasteiger partial charge < -0.3 is 10.6 Å². The van der Waals surface area contributed by atoms with Crippen LogP contribution in [0.1, 0.15) is 24.2 Å². The molecule has 0 bridgehead atoms. The third kappa shape index (κ3) is 5.57. The van der Waals surface area contributed by atoms with E-state index in [2.05, 4.69) is 30.6 Å². The predicted molar refractivity (Wildman–Crippen MR) is 109 cm³/mol. The first-order valence-electron chi connectivity index (χ1n) is 9.01. The molecular weight excluding hydrogens is 385 g/mol. The number of hydrogen-bond donors (Lipinski definition) is 2. The quantitative estimate of drug-likeness (QED) is 0.586. The summed E-state index contributed by atoms with van der Waals surface area (Å²) in [4.78, 5) is 11.0. The van der Waals surface area contributed by atoms with Crippen molar-refractivity contribution in [1.82, 2.24) is 30.3 Å². The van der Waals surface area contributed by atoms with Gasteiger partial charge in [0.25, 0.3) is 0 Å². The zero-order chi connectivity index (χ0) is 19.2. The van der Waals surface area contributed by atoms with Gasteiger partial charge in [-0.15, -0.1) is 0 Å². The first-order chi connectivity index (χ1) is 13.0. The van der Waals surface area contributed by atoms with E-state index in [9.17, 15) is 0 Å². The van der Waals surface area contributed by atoms with Crippen molar-refractivity contribution in [2.24, 2.45) is 12.0 Å². The molecule has 0 spiro atoms. The van der Waals surface area contributed by atoms with Crippen molar-refractivity contribution in [3.05, 3.63) is 46.0 Å². The highest BCUT2D eigenvalue weighted by Crippen LogP contribution is 2.24. The number of guanidine groups is 1. The molecule has 1 aliphatic rings. The molecule has 146 valence electrons. The number of aryl methyl sites for hydroxylation is 1. The van der Waals surface area contributed by atoms with Crippen LogP contribution in [-0.4, -0.2) is 51.8 Å². The third-order valence-corrected chi connectivity index (χ3v) is 5.50. The Balaban J connectivity index is 1.44. The van der Waals surface area contributed by atoms with Crippen LogP contribution in [0.15, 0.2) is 29.5 Å². The van der Waals surface area contributed by atoms with E-state index in [4.69, 9.17) is 23.2 Å². The normalized spacial score (nSPS) is 16.5. The monoisotopic (exact) mass is 409 g/mol. The minimum atomic E-state index is 0.403. The van der Waals surface area contributed by atoms with Gasteiger partial charge in [0.2, 0.25) is 0 Å². The summed E-state index contributed by atoms with van der Waals surface area (Å²) in [6.45, 7) is 3.53. The second kappa shape index (κ2) is 9.39. The molecule has 0 amide bonds. The number of hydrogen-bond acceptors (Lipinski definition) is 4. The molecule has 1 aromatic heterocycles. The highest BCUT2D eigenvalue weighted by atomic mass is 35.5. The first kappa shape index (κ1) is 19.9. The zero-order valence-electron chi connectivity index (χ0n) is 15.6. The van der Waals surface area contributed by atoms with Gasteiger partial charge in [0.15, 0.2) is 5.96 Å². The lowest BCUT2D eigenvalue weighted by molar-refractivity contribution is 0.198. The van der Waals surface area contributed by atoms with Crippen LogP contribution in [0.3, 0.4) is 0 Å². The summed E-state index contributed by atoms with van der Waals surface area (Å²) >= 11 is 12.1. The lowest BCUT2D eigenvalue weighted by Crippen LogP contribution is -2.48. The van der Waals surface area contributed by atoms with Gasteiger partial charge in [-0.1, -0.05) is 29.3 Å². The van der Waals surface area contributed by atoms with E-state index >= 15 is 0 Å². The van der Waals surface area contributed by atoms with Crippen LogP contribution in [0.2, 0.25) is 10.0 Å². The summed E-state index contributed by atoms with van der Waals surface area (Å²) in [7, 11) is 3.66. The van der Waals surface area contributed by atoms with Crippen LogP contribution in [-0.2, 0) is 20.1 Å². The molecule has 2 heterocycles. The van der Waals surface area contributed by atoms with E-state index in [1.54, 1.807) is 18.1 Å². The predicted octanol–water partition coefficient (Wildman–Crippen LogP) is 2.45. The number of benzene rings is 1. The molecule has 3 rings (SSSR count). The fourth-order valence-corrected chi connectivity index (χ4v) is 3.48. The molecule has 7 nitrogen and oxygen atoms in total. The van der Waals surface area contributed by atoms with Gasteiger partial charge in [-0.05, 0) is 30.5 Å². The number of aliphatic imine (C=N–C) groups is 1. The van der Waals surface area contributed by atoms with Crippen molar-refractivity contribution in [3.63, 3.8) is 0 Å². The minimum absolute atomic E-state index is 0.403. The fraction of sp³-hybridized carbons (Fsp3) is 0.500. The molecule has 0 radical (unpaired) electrons. The van der Waals surface area contributed by atoms with E-state index in [0.29, 0.717) is 22.6 Å². The number of nitrogens with zero attached hydrogens (tertiary/aromatic N) is 5. The number of likely N-dealkylation sites (tertiary alicyclic amines) is 1. The van der Waals surface area contributed by atoms with E-state index < -0.39 is 0 Å². The number of halogens is 2. The molecule has 0 atom stereocenters. The lowest BCUT2D eigenvalue weighted by atomic mass is 10.0. The third-order valence-electron chi connectivity index (χ3n) is 4.76. The minimum Gasteiger partial charge on any atom is -0.354 e. The van der Waals surface area contributed by atoms with E-state index in [1.165, 1.54) is 5.56 Å². The molecule has 2 aromatic rings. The summed E-state index contributed by atoms with van der Waals surface area (Å²) in [5.41, 5.74) is 1.19. The second-order valence-corrected chi connectivity index (χ2v) is 7.48. The smallest absolute Gasteiger partial charge is 0.191 e. The summed E-state index contributed by atoms with van der Waals surface area (Å²) in [6.07, 6.45) is 3.68. The Kier molecular flexibility index (Phi) is 6.93. The van der Waals surface area contributed by atoms with Gasteiger partial charge in [-0.2, -0.15) is 5.10 Å². The molecule has 1 saturated heterocycles. The van der Waals surface area contributed by atoms with Crippen LogP contribution in [0, 0.1) is 0 Å². The van der Waals surface area contributed by atoms with Crippen LogP contribution >= 0.6 is 23.2 Å². The van der Waals surface area contributed by atoms with Crippen LogP contribution < -0.4 is 10.6 Å². The molecular formula is C18H25Cl2N7. The Labute approximate surface area is 169 Å². The maximum Gasteiger partial charge on any atom is 0.191 e. The van der Waals surface area contributed by atoms with Gasteiger partial charge >= 0.3 is 0 Å². The largest absolute Gasteiger partial charge is 0.354 e. The Bertz CT molecular complexity index is 782. The van der Waals surface area contributed by atoms with Gasteiger partial charge in [-0.3, -0.25) is 14.6 Å². The molecule has 1 aliphatic heterocycles. The number of aromatic nitrogens is 3. The first-order valence-corrected chi connectivity index (χ1v) is 9.77.